The van der Waals surface area contributed by atoms with Crippen molar-refractivity contribution in [3.63, 3.8) is 0 Å². The topological polar surface area (TPSA) is 63.8 Å². The van der Waals surface area contributed by atoms with Crippen LogP contribution in [0, 0.1) is 13.8 Å². The van der Waals surface area contributed by atoms with Gasteiger partial charge in [0.25, 0.3) is 0 Å². The van der Waals surface area contributed by atoms with Crippen LogP contribution in [-0.2, 0) is 0 Å². The second-order valence-electron chi connectivity index (χ2n) is 6.92. The van der Waals surface area contributed by atoms with Crippen molar-refractivity contribution < 1.29 is 4.52 Å². The molecule has 0 amide bonds. The molecule has 2 aromatic heterocycles. The van der Waals surface area contributed by atoms with Crippen molar-refractivity contribution in [2.24, 2.45) is 0 Å². The summed E-state index contributed by atoms with van der Waals surface area (Å²) < 4.78 is 5.73. The molecule has 0 radical (unpaired) electrons. The first kappa shape index (κ1) is 20.4. The predicted octanol–water partition coefficient (Wildman–Crippen LogP) is 6.33. The minimum Gasteiger partial charge on any atom is -0.373 e. The number of thioether (sulfide) groups is 1. The van der Waals surface area contributed by atoms with Crippen molar-refractivity contribution >= 4 is 29.2 Å². The number of nitrogens with zero attached hydrogens (tertiary/aromatic N) is 3. The molecule has 0 saturated heterocycles. The van der Waals surface area contributed by atoms with Gasteiger partial charge in [-0.05, 0) is 55.3 Å². The van der Waals surface area contributed by atoms with Crippen LogP contribution in [0.25, 0.3) is 11.4 Å². The molecule has 0 bridgehead atoms. The highest BCUT2D eigenvalue weighted by Crippen LogP contribution is 2.42. The number of hydrogen-bond donors (Lipinski definition) is 1. The quantitative estimate of drug-likeness (QED) is 0.356. The van der Waals surface area contributed by atoms with E-state index in [0.717, 1.165) is 16.0 Å². The zero-order chi connectivity index (χ0) is 21.1. The van der Waals surface area contributed by atoms with Gasteiger partial charge in [-0.15, -0.1) is 11.8 Å². The molecule has 30 heavy (non-hydrogen) atoms. The molecular weight excluding hydrogens is 416 g/mol. The molecule has 4 aromatic rings. The van der Waals surface area contributed by atoms with Gasteiger partial charge in [-0.1, -0.05) is 46.6 Å². The van der Waals surface area contributed by atoms with Gasteiger partial charge in [0.15, 0.2) is 0 Å². The van der Waals surface area contributed by atoms with Gasteiger partial charge in [0.2, 0.25) is 11.7 Å². The predicted molar refractivity (Wildman–Crippen MR) is 122 cm³/mol. The van der Waals surface area contributed by atoms with Crippen LogP contribution in [-0.4, -0.2) is 22.2 Å². The van der Waals surface area contributed by atoms with Crippen LogP contribution in [0.15, 0.2) is 70.2 Å². The molecule has 5 nitrogen and oxygen atoms in total. The minimum absolute atomic E-state index is 0.167. The Morgan fingerprint density at radius 3 is 2.60 bits per heavy atom. The van der Waals surface area contributed by atoms with Crippen LogP contribution in [0.5, 0.6) is 0 Å². The third-order valence-electron chi connectivity index (χ3n) is 4.70. The summed E-state index contributed by atoms with van der Waals surface area (Å²) in [4.78, 5) is 10.2. The first-order chi connectivity index (χ1) is 14.5. The molecule has 1 N–H and O–H groups in total. The third kappa shape index (κ3) is 4.35. The molecule has 1 atom stereocenters. The summed E-state index contributed by atoms with van der Waals surface area (Å²) >= 11 is 7.79. The van der Waals surface area contributed by atoms with E-state index in [9.17, 15) is 0 Å². The van der Waals surface area contributed by atoms with E-state index in [0.29, 0.717) is 22.6 Å². The number of aryl methyl sites for hydroxylation is 2. The Bertz CT molecular complexity index is 1160. The smallest absolute Gasteiger partial charge is 0.244 e. The van der Waals surface area contributed by atoms with Gasteiger partial charge < -0.3 is 9.84 Å². The van der Waals surface area contributed by atoms with Crippen LogP contribution in [0.4, 0.5) is 5.82 Å². The van der Waals surface area contributed by atoms with Gasteiger partial charge in [-0.2, -0.15) is 4.98 Å². The number of anilines is 1. The van der Waals surface area contributed by atoms with Crippen LogP contribution >= 0.6 is 23.4 Å². The summed E-state index contributed by atoms with van der Waals surface area (Å²) in [5, 5.41) is 7.82. The monoisotopic (exact) mass is 436 g/mol. The highest BCUT2D eigenvalue weighted by atomic mass is 35.5. The molecule has 0 aliphatic rings. The fourth-order valence-corrected chi connectivity index (χ4v) is 4.45. The molecule has 2 aromatic carbocycles. The molecule has 0 saturated carbocycles. The van der Waals surface area contributed by atoms with Gasteiger partial charge in [0.05, 0.1) is 5.56 Å². The van der Waals surface area contributed by atoms with Gasteiger partial charge >= 0.3 is 0 Å². The first-order valence-corrected chi connectivity index (χ1v) is 10.8. The molecule has 0 fully saturated rings. The maximum absolute atomic E-state index is 6.11. The number of rotatable bonds is 6. The second kappa shape index (κ2) is 8.90. The molecule has 0 aliphatic carbocycles. The molecule has 7 heteroatoms. The molecular formula is C23H21ClN4OS. The number of benzene rings is 2. The van der Waals surface area contributed by atoms with Crippen molar-refractivity contribution in [1.82, 2.24) is 15.1 Å². The summed E-state index contributed by atoms with van der Waals surface area (Å²) in [5.41, 5.74) is 4.28. The maximum Gasteiger partial charge on any atom is 0.244 e. The molecule has 0 aliphatic heterocycles. The normalized spacial score (nSPS) is 12.0. The Morgan fingerprint density at radius 1 is 1.07 bits per heavy atom. The van der Waals surface area contributed by atoms with E-state index in [1.807, 2.05) is 43.4 Å². The lowest BCUT2D eigenvalue weighted by molar-refractivity contribution is 0.384. The Balaban J connectivity index is 1.74. The van der Waals surface area contributed by atoms with Crippen molar-refractivity contribution in [3.8, 4) is 11.4 Å². The van der Waals surface area contributed by atoms with Gasteiger partial charge in [-0.25, -0.2) is 4.98 Å². The Morgan fingerprint density at radius 2 is 1.87 bits per heavy atom. The number of nitrogens with one attached hydrogen (secondary N) is 1. The van der Waals surface area contributed by atoms with Gasteiger partial charge in [-0.3, -0.25) is 0 Å². The lowest BCUT2D eigenvalue weighted by atomic mass is 10.1. The van der Waals surface area contributed by atoms with Crippen molar-refractivity contribution in [3.05, 3.63) is 88.4 Å². The number of hydrogen-bond acceptors (Lipinski definition) is 6. The highest BCUT2D eigenvalue weighted by Gasteiger charge is 2.24. The van der Waals surface area contributed by atoms with E-state index < -0.39 is 0 Å². The van der Waals surface area contributed by atoms with E-state index in [1.54, 1.807) is 18.0 Å². The fourth-order valence-electron chi connectivity index (χ4n) is 3.19. The fraction of sp³-hybridized carbons (Fsp3) is 0.174. The van der Waals surface area contributed by atoms with Crippen LogP contribution in [0.1, 0.15) is 27.8 Å². The van der Waals surface area contributed by atoms with E-state index in [1.165, 1.54) is 11.1 Å². The van der Waals surface area contributed by atoms with E-state index in [4.69, 9.17) is 21.1 Å². The van der Waals surface area contributed by atoms with E-state index in [-0.39, 0.29) is 5.25 Å². The number of pyridine rings is 1. The average Bonchev–Trinajstić information content (AvgIpc) is 3.24. The number of halogens is 1. The summed E-state index contributed by atoms with van der Waals surface area (Å²) in [5.74, 6) is 1.74. The van der Waals surface area contributed by atoms with Crippen molar-refractivity contribution in [2.45, 2.75) is 24.0 Å². The largest absolute Gasteiger partial charge is 0.373 e. The average molecular weight is 437 g/mol. The molecule has 152 valence electrons. The van der Waals surface area contributed by atoms with Gasteiger partial charge in [0.1, 0.15) is 11.1 Å². The maximum atomic E-state index is 6.11. The Hall–Kier alpha value is -2.83. The highest BCUT2D eigenvalue weighted by molar-refractivity contribution is 7.99. The zero-order valence-corrected chi connectivity index (χ0v) is 18.5. The van der Waals surface area contributed by atoms with Gasteiger partial charge in [0, 0.05) is 23.2 Å². The third-order valence-corrected chi connectivity index (χ3v) is 6.37. The van der Waals surface area contributed by atoms with E-state index >= 15 is 0 Å². The van der Waals surface area contributed by atoms with Crippen molar-refractivity contribution in [2.75, 3.05) is 12.4 Å². The second-order valence-corrected chi connectivity index (χ2v) is 8.51. The SMILES string of the molecule is CNc1ncccc1-c1noc(C(Sc2ccc(C)cc2C)c2ccc(Cl)cc2)n1. The van der Waals surface area contributed by atoms with Crippen LogP contribution in [0.3, 0.4) is 0 Å². The number of aromatic nitrogens is 3. The van der Waals surface area contributed by atoms with Crippen LogP contribution in [0.2, 0.25) is 5.02 Å². The summed E-state index contributed by atoms with van der Waals surface area (Å²) in [6.45, 7) is 4.21. The minimum atomic E-state index is -0.167. The molecule has 2 heterocycles. The zero-order valence-electron chi connectivity index (χ0n) is 16.9. The molecule has 0 spiro atoms. The molecule has 4 rings (SSSR count). The van der Waals surface area contributed by atoms with Crippen LogP contribution < -0.4 is 5.32 Å². The lowest BCUT2D eigenvalue weighted by Crippen LogP contribution is -1.99. The summed E-state index contributed by atoms with van der Waals surface area (Å²) in [6, 6.07) is 17.9. The Labute approximate surface area is 184 Å². The standard InChI is InChI=1S/C23H21ClN4OS/c1-14-6-11-19(15(2)13-14)30-20(16-7-9-17(24)10-8-16)23-27-22(28-29-23)18-5-4-12-26-21(18)25-3/h4-13,20H,1-3H3,(H,25,26). The lowest BCUT2D eigenvalue weighted by Gasteiger charge is -2.15. The first-order valence-electron chi connectivity index (χ1n) is 9.51. The van der Waals surface area contributed by atoms with E-state index in [2.05, 4.69) is 47.5 Å². The molecule has 1 unspecified atom stereocenters. The van der Waals surface area contributed by atoms with Crippen molar-refractivity contribution in [1.29, 1.82) is 0 Å². The summed E-state index contributed by atoms with van der Waals surface area (Å²) in [7, 11) is 1.82. The Kier molecular flexibility index (Phi) is 6.06. The summed E-state index contributed by atoms with van der Waals surface area (Å²) in [6.07, 6.45) is 1.73.